The van der Waals surface area contributed by atoms with E-state index in [1.165, 1.54) is 11.3 Å². The van der Waals surface area contributed by atoms with E-state index in [2.05, 4.69) is 25.7 Å². The third-order valence-electron chi connectivity index (χ3n) is 2.66. The Labute approximate surface area is 119 Å². The van der Waals surface area contributed by atoms with Gasteiger partial charge in [0.15, 0.2) is 0 Å². The number of hydrogen-bond acceptors (Lipinski definition) is 6. The quantitative estimate of drug-likeness (QED) is 0.507. The first-order chi connectivity index (χ1) is 9.83. The number of nitrogens with one attached hydrogen (secondary N) is 2. The van der Waals surface area contributed by atoms with Crippen LogP contribution in [0.4, 0.5) is 10.9 Å². The Hall–Kier alpha value is -2.67. The lowest BCUT2D eigenvalue weighted by atomic mass is 10.0. The molecule has 0 amide bonds. The van der Waals surface area contributed by atoms with Gasteiger partial charge < -0.3 is 5.73 Å². The third-order valence-corrected chi connectivity index (χ3v) is 3.42. The van der Waals surface area contributed by atoms with E-state index in [9.17, 15) is 0 Å². The van der Waals surface area contributed by atoms with Gasteiger partial charge >= 0.3 is 0 Å². The molecule has 2 aromatic heterocycles. The van der Waals surface area contributed by atoms with E-state index in [-0.39, 0.29) is 0 Å². The minimum Gasteiger partial charge on any atom is -0.383 e. The van der Waals surface area contributed by atoms with Crippen LogP contribution < -0.4 is 11.2 Å². The fraction of sp³-hybridized carbons (Fsp3) is 0. The highest BCUT2D eigenvalue weighted by Crippen LogP contribution is 2.21. The zero-order valence-electron chi connectivity index (χ0n) is 10.4. The van der Waals surface area contributed by atoms with Gasteiger partial charge in [-0.1, -0.05) is 24.3 Å². The molecule has 1 aromatic carbocycles. The smallest absolute Gasteiger partial charge is 0.205 e. The molecule has 4 N–H and O–H groups in total. The Balaban J connectivity index is 1.80. The van der Waals surface area contributed by atoms with E-state index in [1.807, 2.05) is 30.5 Å². The van der Waals surface area contributed by atoms with E-state index in [0.717, 1.165) is 16.7 Å². The summed E-state index contributed by atoms with van der Waals surface area (Å²) in [6.45, 7) is 0. The number of benzene rings is 1. The van der Waals surface area contributed by atoms with Crippen LogP contribution in [0.3, 0.4) is 0 Å². The highest BCUT2D eigenvalue weighted by molar-refractivity contribution is 7.14. The maximum atomic E-state index is 5.55. The number of rotatable bonds is 4. The Morgan fingerprint density at radius 3 is 3.00 bits per heavy atom. The van der Waals surface area contributed by atoms with Gasteiger partial charge in [-0.05, 0) is 5.56 Å². The molecule has 7 heteroatoms. The lowest BCUT2D eigenvalue weighted by molar-refractivity contribution is 1.09. The largest absolute Gasteiger partial charge is 0.383 e. The molecule has 0 fully saturated rings. The number of nitrogen functional groups attached to an aromatic ring is 1. The van der Waals surface area contributed by atoms with Crippen molar-refractivity contribution in [2.75, 3.05) is 11.2 Å². The summed E-state index contributed by atoms with van der Waals surface area (Å²) in [6, 6.07) is 7.96. The minimum atomic E-state index is 0.492. The second-order valence-electron chi connectivity index (χ2n) is 4.02. The molecule has 0 saturated heterocycles. The Morgan fingerprint density at radius 2 is 2.25 bits per heavy atom. The van der Waals surface area contributed by atoms with Crippen LogP contribution in [0.5, 0.6) is 0 Å². The van der Waals surface area contributed by atoms with Gasteiger partial charge in [-0.2, -0.15) is 10.2 Å². The van der Waals surface area contributed by atoms with Gasteiger partial charge in [-0.3, -0.25) is 10.5 Å². The van der Waals surface area contributed by atoms with Crippen LogP contribution in [0, 0.1) is 0 Å². The average Bonchev–Trinajstić information content (AvgIpc) is 3.11. The van der Waals surface area contributed by atoms with Crippen molar-refractivity contribution in [3.05, 3.63) is 47.6 Å². The number of nitrogens with zero attached hydrogens (tertiary/aromatic N) is 3. The second kappa shape index (κ2) is 5.54. The van der Waals surface area contributed by atoms with Crippen molar-refractivity contribution in [1.29, 1.82) is 0 Å². The first kappa shape index (κ1) is 12.4. The maximum Gasteiger partial charge on any atom is 0.205 e. The molecule has 20 heavy (non-hydrogen) atoms. The van der Waals surface area contributed by atoms with Crippen LogP contribution in [0.1, 0.15) is 5.56 Å². The number of aromatic amines is 1. The third kappa shape index (κ3) is 2.67. The molecule has 0 bridgehead atoms. The number of nitrogens with two attached hydrogens (primary N) is 1. The summed E-state index contributed by atoms with van der Waals surface area (Å²) < 4.78 is 0. The van der Waals surface area contributed by atoms with E-state index in [4.69, 9.17) is 5.73 Å². The molecule has 0 aliphatic heterocycles. The highest BCUT2D eigenvalue weighted by atomic mass is 32.1. The first-order valence-corrected chi connectivity index (χ1v) is 6.79. The molecular formula is C13H12N6S. The second-order valence-corrected chi connectivity index (χ2v) is 4.88. The van der Waals surface area contributed by atoms with E-state index < -0.39 is 0 Å². The van der Waals surface area contributed by atoms with Crippen LogP contribution in [0.15, 0.2) is 47.1 Å². The topological polar surface area (TPSA) is 92.0 Å². The first-order valence-electron chi connectivity index (χ1n) is 5.91. The summed E-state index contributed by atoms with van der Waals surface area (Å²) >= 11 is 1.41. The average molecular weight is 284 g/mol. The molecular weight excluding hydrogens is 272 g/mol. The molecule has 100 valence electrons. The molecule has 0 aliphatic rings. The van der Waals surface area contributed by atoms with Crippen molar-refractivity contribution < 1.29 is 0 Å². The van der Waals surface area contributed by atoms with Gasteiger partial charge in [0.05, 0.1) is 12.4 Å². The molecule has 3 rings (SSSR count). The van der Waals surface area contributed by atoms with E-state index >= 15 is 0 Å². The van der Waals surface area contributed by atoms with Crippen LogP contribution >= 0.6 is 11.3 Å². The van der Waals surface area contributed by atoms with Crippen molar-refractivity contribution >= 4 is 28.5 Å². The van der Waals surface area contributed by atoms with Gasteiger partial charge in [0.1, 0.15) is 5.82 Å². The van der Waals surface area contributed by atoms with Crippen molar-refractivity contribution in [3.8, 4) is 11.1 Å². The molecule has 0 aliphatic carbocycles. The van der Waals surface area contributed by atoms with Crippen LogP contribution in [0.25, 0.3) is 11.1 Å². The number of aromatic nitrogens is 3. The van der Waals surface area contributed by atoms with Crippen molar-refractivity contribution in [1.82, 2.24) is 15.2 Å². The van der Waals surface area contributed by atoms with Gasteiger partial charge in [0.2, 0.25) is 5.13 Å². The number of anilines is 2. The van der Waals surface area contributed by atoms with Crippen LogP contribution in [-0.2, 0) is 0 Å². The normalized spacial score (nSPS) is 11.0. The fourth-order valence-corrected chi connectivity index (χ4v) is 2.31. The van der Waals surface area contributed by atoms with Crippen molar-refractivity contribution in [2.24, 2.45) is 5.10 Å². The summed E-state index contributed by atoms with van der Waals surface area (Å²) in [7, 11) is 0. The number of hydrogen-bond donors (Lipinski definition) is 3. The summed E-state index contributed by atoms with van der Waals surface area (Å²) in [4.78, 5) is 4.07. The zero-order valence-corrected chi connectivity index (χ0v) is 11.3. The molecule has 0 spiro atoms. The fourth-order valence-electron chi connectivity index (χ4n) is 1.77. The van der Waals surface area contributed by atoms with Crippen molar-refractivity contribution in [3.63, 3.8) is 0 Å². The summed E-state index contributed by atoms with van der Waals surface area (Å²) in [5.41, 5.74) is 11.5. The standard InChI is InChI=1S/C13H12N6S/c14-12-8-20-13(18-12)19-17-5-9-3-1-2-4-11(9)10-6-15-16-7-10/h1-8H,14H2,(H,15,16)(H,18,19). The SMILES string of the molecule is Nc1csc(NN=Cc2ccccc2-c2cn[nH]c2)n1. The van der Waals surface area contributed by atoms with Gasteiger partial charge in [-0.15, -0.1) is 11.3 Å². The van der Waals surface area contributed by atoms with E-state index in [1.54, 1.807) is 17.8 Å². The Morgan fingerprint density at radius 1 is 1.35 bits per heavy atom. The highest BCUT2D eigenvalue weighted by Gasteiger charge is 2.03. The number of H-pyrrole nitrogens is 1. The molecule has 6 nitrogen and oxygen atoms in total. The predicted octanol–water partition coefficient (Wildman–Crippen LogP) is 2.56. The van der Waals surface area contributed by atoms with Crippen LogP contribution in [0.2, 0.25) is 0 Å². The van der Waals surface area contributed by atoms with Gasteiger partial charge in [0.25, 0.3) is 0 Å². The molecule has 0 radical (unpaired) electrons. The maximum absolute atomic E-state index is 5.55. The van der Waals surface area contributed by atoms with Crippen LogP contribution in [-0.4, -0.2) is 21.4 Å². The molecule has 0 saturated carbocycles. The Bertz CT molecular complexity index is 716. The minimum absolute atomic E-state index is 0.492. The predicted molar refractivity (Wildman–Crippen MR) is 81.8 cm³/mol. The number of hydrazone groups is 1. The summed E-state index contributed by atoms with van der Waals surface area (Å²) in [5.74, 6) is 0.492. The molecule has 3 aromatic rings. The zero-order chi connectivity index (χ0) is 13.8. The number of thiazole rings is 1. The lowest BCUT2D eigenvalue weighted by Gasteiger charge is -2.02. The monoisotopic (exact) mass is 284 g/mol. The van der Waals surface area contributed by atoms with Gasteiger partial charge in [0, 0.05) is 22.7 Å². The summed E-state index contributed by atoms with van der Waals surface area (Å²) in [5, 5.41) is 13.4. The molecule has 2 heterocycles. The van der Waals surface area contributed by atoms with Gasteiger partial charge in [-0.25, -0.2) is 4.98 Å². The lowest BCUT2D eigenvalue weighted by Crippen LogP contribution is -1.92. The summed E-state index contributed by atoms with van der Waals surface area (Å²) in [6.07, 6.45) is 5.38. The Kier molecular flexibility index (Phi) is 3.42. The molecule has 0 unspecified atom stereocenters. The van der Waals surface area contributed by atoms with Crippen molar-refractivity contribution in [2.45, 2.75) is 0 Å². The molecule has 0 atom stereocenters. The van der Waals surface area contributed by atoms with E-state index in [0.29, 0.717) is 10.9 Å².